The topological polar surface area (TPSA) is 89.0 Å². The summed E-state index contributed by atoms with van der Waals surface area (Å²) in [5, 5.41) is 10.4. The van der Waals surface area contributed by atoms with Gasteiger partial charge in [-0.25, -0.2) is 8.42 Å². The van der Waals surface area contributed by atoms with Crippen LogP contribution in [0.25, 0.3) is 0 Å². The third kappa shape index (κ3) is 2.73. The monoisotopic (exact) mass is 365 g/mol. The van der Waals surface area contributed by atoms with E-state index in [1.54, 1.807) is 19.1 Å². The van der Waals surface area contributed by atoms with Gasteiger partial charge in [-0.1, -0.05) is 36.3 Å². The molecular weight excluding hydrogens is 346 g/mol. The fourth-order valence-corrected chi connectivity index (χ4v) is 6.02. The number of nitrogens with zero attached hydrogens (tertiary/aromatic N) is 2. The number of amides is 1. The molecule has 2 aromatic rings. The van der Waals surface area contributed by atoms with Crippen LogP contribution in [0.5, 0.6) is 0 Å². The van der Waals surface area contributed by atoms with Crippen LogP contribution in [-0.2, 0) is 14.6 Å². The number of aromatic nitrogens is 2. The van der Waals surface area contributed by atoms with Gasteiger partial charge in [-0.15, -0.1) is 10.2 Å². The van der Waals surface area contributed by atoms with E-state index < -0.39 is 20.5 Å². The molecule has 0 radical (unpaired) electrons. The lowest BCUT2D eigenvalue weighted by Crippen LogP contribution is -2.47. The van der Waals surface area contributed by atoms with Crippen molar-refractivity contribution in [1.82, 2.24) is 10.2 Å². The lowest BCUT2D eigenvalue weighted by atomic mass is 10.1. The van der Waals surface area contributed by atoms with Gasteiger partial charge in [0.05, 0.1) is 4.90 Å². The average Bonchev–Trinajstić information content (AvgIpc) is 3.21. The van der Waals surface area contributed by atoms with Crippen LogP contribution < -0.4 is 5.32 Å². The Morgan fingerprint density at radius 3 is 2.58 bits per heavy atom. The molecule has 128 valence electrons. The van der Waals surface area contributed by atoms with Crippen molar-refractivity contribution in [1.29, 1.82) is 0 Å². The van der Waals surface area contributed by atoms with Crippen molar-refractivity contribution in [2.24, 2.45) is 0 Å². The summed E-state index contributed by atoms with van der Waals surface area (Å²) in [6.45, 7) is 3.61. The Morgan fingerprint density at radius 1 is 1.25 bits per heavy atom. The van der Waals surface area contributed by atoms with Crippen LogP contribution in [0.3, 0.4) is 0 Å². The number of rotatable bonds is 4. The van der Waals surface area contributed by atoms with Crippen molar-refractivity contribution >= 4 is 32.2 Å². The van der Waals surface area contributed by atoms with Gasteiger partial charge in [0.15, 0.2) is 14.6 Å². The SMILES string of the molecule is Cc1ccc(C)c(S(=O)(=O)C2(C(=O)Nc3nncs3)CCCC2)c1. The molecule has 1 N–H and O–H groups in total. The summed E-state index contributed by atoms with van der Waals surface area (Å²) < 4.78 is 25.4. The van der Waals surface area contributed by atoms with Crippen LogP contribution >= 0.6 is 11.3 Å². The van der Waals surface area contributed by atoms with Crippen LogP contribution in [0.4, 0.5) is 5.13 Å². The number of aryl methyl sites for hydroxylation is 2. The van der Waals surface area contributed by atoms with E-state index in [1.165, 1.54) is 16.8 Å². The number of hydrogen-bond donors (Lipinski definition) is 1. The third-order valence-electron chi connectivity index (χ3n) is 4.55. The van der Waals surface area contributed by atoms with E-state index >= 15 is 0 Å². The van der Waals surface area contributed by atoms with Crippen molar-refractivity contribution in [3.63, 3.8) is 0 Å². The van der Waals surface area contributed by atoms with Gasteiger partial charge >= 0.3 is 0 Å². The van der Waals surface area contributed by atoms with Crippen molar-refractivity contribution < 1.29 is 13.2 Å². The Hall–Kier alpha value is -1.80. The van der Waals surface area contributed by atoms with Crippen LogP contribution in [0.1, 0.15) is 36.8 Å². The quantitative estimate of drug-likeness (QED) is 0.900. The van der Waals surface area contributed by atoms with E-state index in [-0.39, 0.29) is 4.90 Å². The van der Waals surface area contributed by atoms with Crippen LogP contribution in [0, 0.1) is 13.8 Å². The van der Waals surface area contributed by atoms with Crippen LogP contribution in [0.2, 0.25) is 0 Å². The van der Waals surface area contributed by atoms with E-state index in [0.717, 1.165) is 5.56 Å². The fourth-order valence-electron chi connectivity index (χ4n) is 3.21. The predicted molar refractivity (Wildman–Crippen MR) is 92.8 cm³/mol. The largest absolute Gasteiger partial charge is 0.299 e. The maximum Gasteiger partial charge on any atom is 0.248 e. The second-order valence-corrected chi connectivity index (χ2v) is 9.23. The van der Waals surface area contributed by atoms with Crippen LogP contribution in [0.15, 0.2) is 28.6 Å². The van der Waals surface area contributed by atoms with Gasteiger partial charge in [-0.3, -0.25) is 10.1 Å². The average molecular weight is 365 g/mol. The van der Waals surface area contributed by atoms with Gasteiger partial charge in [0.25, 0.3) is 0 Å². The molecule has 1 heterocycles. The van der Waals surface area contributed by atoms with E-state index in [9.17, 15) is 13.2 Å². The lowest BCUT2D eigenvalue weighted by molar-refractivity contribution is -0.118. The maximum absolute atomic E-state index is 13.4. The molecule has 1 fully saturated rings. The van der Waals surface area contributed by atoms with E-state index in [1.807, 2.05) is 13.0 Å². The van der Waals surface area contributed by atoms with Crippen molar-refractivity contribution in [2.45, 2.75) is 49.2 Å². The van der Waals surface area contributed by atoms with Crippen molar-refractivity contribution in [3.05, 3.63) is 34.8 Å². The molecule has 0 spiro atoms. The molecular formula is C16H19N3O3S2. The Kier molecular flexibility index (Phi) is 4.44. The Bertz CT molecular complexity index is 855. The molecule has 24 heavy (non-hydrogen) atoms. The first-order valence-corrected chi connectivity index (χ1v) is 10.1. The molecule has 8 heteroatoms. The van der Waals surface area contributed by atoms with Gasteiger partial charge < -0.3 is 0 Å². The van der Waals surface area contributed by atoms with E-state index in [4.69, 9.17) is 0 Å². The Morgan fingerprint density at radius 2 is 1.96 bits per heavy atom. The molecule has 1 aliphatic rings. The molecule has 0 saturated heterocycles. The number of sulfone groups is 1. The molecule has 3 rings (SSSR count). The predicted octanol–water partition coefficient (Wildman–Crippen LogP) is 2.88. The number of carbonyl (C=O) groups excluding carboxylic acids is 1. The Balaban J connectivity index is 2.06. The summed E-state index contributed by atoms with van der Waals surface area (Å²) in [6, 6.07) is 5.31. The highest BCUT2D eigenvalue weighted by atomic mass is 32.2. The van der Waals surface area contributed by atoms with Crippen molar-refractivity contribution in [2.75, 3.05) is 5.32 Å². The number of anilines is 1. The summed E-state index contributed by atoms with van der Waals surface area (Å²) in [4.78, 5) is 13.1. The number of nitrogens with one attached hydrogen (secondary N) is 1. The first-order chi connectivity index (χ1) is 11.4. The molecule has 1 saturated carbocycles. The van der Waals surface area contributed by atoms with Crippen LogP contribution in [-0.4, -0.2) is 29.3 Å². The highest BCUT2D eigenvalue weighted by molar-refractivity contribution is 7.93. The maximum atomic E-state index is 13.4. The minimum atomic E-state index is -3.81. The minimum Gasteiger partial charge on any atom is -0.299 e. The molecule has 0 bridgehead atoms. The first kappa shape index (κ1) is 17.0. The zero-order chi connectivity index (χ0) is 17.4. The molecule has 1 aromatic carbocycles. The van der Waals surface area contributed by atoms with Gasteiger partial charge in [0, 0.05) is 0 Å². The molecule has 1 aliphatic carbocycles. The Labute approximate surface area is 145 Å². The van der Waals surface area contributed by atoms with E-state index in [2.05, 4.69) is 15.5 Å². The molecule has 0 atom stereocenters. The van der Waals surface area contributed by atoms with Gasteiger partial charge in [-0.2, -0.15) is 0 Å². The second kappa shape index (κ2) is 6.25. The minimum absolute atomic E-state index is 0.247. The first-order valence-electron chi connectivity index (χ1n) is 7.76. The number of carbonyl (C=O) groups is 1. The zero-order valence-electron chi connectivity index (χ0n) is 13.6. The molecule has 1 amide bonds. The highest BCUT2D eigenvalue weighted by Gasteiger charge is 2.53. The molecule has 0 aliphatic heterocycles. The highest BCUT2D eigenvalue weighted by Crippen LogP contribution is 2.42. The normalized spacial score (nSPS) is 16.9. The summed E-state index contributed by atoms with van der Waals surface area (Å²) in [6.07, 6.45) is 2.09. The van der Waals surface area contributed by atoms with E-state index in [0.29, 0.717) is 36.4 Å². The molecule has 1 aromatic heterocycles. The van der Waals surface area contributed by atoms with Gasteiger partial charge in [0.1, 0.15) is 5.51 Å². The smallest absolute Gasteiger partial charge is 0.248 e. The molecule has 6 nitrogen and oxygen atoms in total. The third-order valence-corrected chi connectivity index (χ3v) is 7.80. The summed E-state index contributed by atoms with van der Waals surface area (Å²) >= 11 is 1.17. The van der Waals surface area contributed by atoms with Gasteiger partial charge in [0.2, 0.25) is 11.0 Å². The van der Waals surface area contributed by atoms with Crippen molar-refractivity contribution in [3.8, 4) is 0 Å². The standard InChI is InChI=1S/C16H19N3O3S2/c1-11-5-6-12(2)13(9-11)24(21,22)16(7-3-4-8-16)14(20)18-15-19-17-10-23-15/h5-6,9-10H,3-4,7-8H2,1-2H3,(H,18,19,20). The zero-order valence-corrected chi connectivity index (χ0v) is 15.2. The second-order valence-electron chi connectivity index (χ2n) is 6.17. The number of hydrogen-bond acceptors (Lipinski definition) is 6. The van der Waals surface area contributed by atoms with Gasteiger partial charge in [-0.05, 0) is 43.9 Å². The lowest BCUT2D eigenvalue weighted by Gasteiger charge is -2.28. The fraction of sp³-hybridized carbons (Fsp3) is 0.438. The summed E-state index contributed by atoms with van der Waals surface area (Å²) in [5.41, 5.74) is 3.02. The number of benzene rings is 1. The summed E-state index contributed by atoms with van der Waals surface area (Å²) in [5.74, 6) is -0.502. The molecule has 0 unspecified atom stereocenters. The summed E-state index contributed by atoms with van der Waals surface area (Å²) in [7, 11) is -3.81.